The third-order valence-electron chi connectivity index (χ3n) is 5.21. The molecule has 10 heteroatoms. The van der Waals surface area contributed by atoms with Gasteiger partial charge in [-0.3, -0.25) is 4.79 Å². The van der Waals surface area contributed by atoms with Crippen LogP contribution in [0.1, 0.15) is 27.0 Å². The highest BCUT2D eigenvalue weighted by molar-refractivity contribution is 6.37. The van der Waals surface area contributed by atoms with E-state index >= 15 is 0 Å². The lowest BCUT2D eigenvalue weighted by Gasteiger charge is -2.12. The van der Waals surface area contributed by atoms with Crippen molar-refractivity contribution in [3.8, 4) is 23.3 Å². The molecule has 0 atom stereocenters. The van der Waals surface area contributed by atoms with Gasteiger partial charge in [0.05, 0.1) is 29.8 Å². The first-order chi connectivity index (χ1) is 17.7. The maximum absolute atomic E-state index is 12.6. The van der Waals surface area contributed by atoms with Crippen LogP contribution in [0.25, 0.3) is 6.08 Å². The van der Waals surface area contributed by atoms with Crippen molar-refractivity contribution in [1.29, 1.82) is 5.26 Å². The van der Waals surface area contributed by atoms with Crippen molar-refractivity contribution in [2.24, 2.45) is 0 Å². The number of ether oxygens (including phenoxy) is 3. The second-order valence-corrected chi connectivity index (χ2v) is 8.45. The molecule has 0 unspecified atom stereocenters. The molecule has 1 amide bonds. The van der Waals surface area contributed by atoms with Gasteiger partial charge in [-0.1, -0.05) is 35.3 Å². The molecule has 0 saturated carbocycles. The van der Waals surface area contributed by atoms with Gasteiger partial charge in [-0.25, -0.2) is 4.79 Å². The zero-order valence-corrected chi connectivity index (χ0v) is 21.4. The third-order valence-corrected chi connectivity index (χ3v) is 5.78. The maximum atomic E-state index is 12.6. The molecule has 0 fully saturated rings. The van der Waals surface area contributed by atoms with Crippen LogP contribution in [-0.2, 0) is 17.9 Å². The lowest BCUT2D eigenvalue weighted by molar-refractivity contribution is -0.117. The lowest BCUT2D eigenvalue weighted by Crippen LogP contribution is -2.24. The van der Waals surface area contributed by atoms with Crippen LogP contribution in [0.3, 0.4) is 0 Å². The Morgan fingerprint density at radius 3 is 2.27 bits per heavy atom. The van der Waals surface area contributed by atoms with Gasteiger partial charge in [0.2, 0.25) is 0 Å². The Hall–Kier alpha value is -4.19. The molecule has 2 N–H and O–H groups in total. The Labute approximate surface area is 223 Å². The van der Waals surface area contributed by atoms with Gasteiger partial charge < -0.3 is 24.6 Å². The molecule has 0 saturated heterocycles. The number of halogens is 2. The summed E-state index contributed by atoms with van der Waals surface area (Å²) in [5.41, 5.74) is 1.88. The molecular weight excluding hydrogens is 519 g/mol. The van der Waals surface area contributed by atoms with E-state index in [-0.39, 0.29) is 40.1 Å². The Balaban J connectivity index is 1.70. The second-order valence-electron chi connectivity index (χ2n) is 7.63. The summed E-state index contributed by atoms with van der Waals surface area (Å²) in [5.74, 6) is -0.237. The van der Waals surface area contributed by atoms with E-state index in [1.54, 1.807) is 37.4 Å². The smallest absolute Gasteiger partial charge is 0.335 e. The van der Waals surface area contributed by atoms with Gasteiger partial charge in [0, 0.05) is 18.2 Å². The van der Waals surface area contributed by atoms with Crippen LogP contribution in [-0.4, -0.2) is 31.2 Å². The summed E-state index contributed by atoms with van der Waals surface area (Å²) in [6, 6.07) is 16.3. The molecule has 190 valence electrons. The fraction of sp³-hybridized carbons (Fsp3) is 0.148. The normalized spacial score (nSPS) is 10.8. The van der Waals surface area contributed by atoms with Crippen molar-refractivity contribution in [3.63, 3.8) is 0 Å². The predicted molar refractivity (Wildman–Crippen MR) is 139 cm³/mol. The standard InChI is InChI=1S/C27H22Cl2N2O6/c1-35-21-8-7-19(24(12-21)36-2)14-31-26(32)20(13-30)9-17-10-22(28)25(23(29)11-17)37-15-16-3-5-18(6-4-16)27(33)34/h3-12H,14-15H2,1-2H3,(H,31,32)(H,33,34)/b20-9+. The Kier molecular flexibility index (Phi) is 9.39. The molecular formula is C27H22Cl2N2O6. The zero-order valence-electron chi connectivity index (χ0n) is 19.9. The van der Waals surface area contributed by atoms with Crippen LogP contribution in [0.15, 0.2) is 60.2 Å². The number of hydrogen-bond acceptors (Lipinski definition) is 6. The van der Waals surface area contributed by atoms with Crippen LogP contribution in [0.4, 0.5) is 0 Å². The number of nitrogens with one attached hydrogen (secondary N) is 1. The third kappa shape index (κ3) is 7.17. The summed E-state index contributed by atoms with van der Waals surface area (Å²) >= 11 is 12.7. The number of carbonyl (C=O) groups is 2. The Bertz CT molecular complexity index is 1360. The molecule has 0 heterocycles. The maximum Gasteiger partial charge on any atom is 0.335 e. The van der Waals surface area contributed by atoms with E-state index in [0.717, 1.165) is 5.56 Å². The van der Waals surface area contributed by atoms with Gasteiger partial charge in [0.25, 0.3) is 5.91 Å². The molecule has 3 rings (SSSR count). The molecule has 0 bridgehead atoms. The van der Waals surface area contributed by atoms with Crippen molar-refractivity contribution < 1.29 is 28.9 Å². The van der Waals surface area contributed by atoms with Gasteiger partial charge in [-0.15, -0.1) is 0 Å². The number of nitrogens with zero attached hydrogens (tertiary/aromatic N) is 1. The number of carbonyl (C=O) groups excluding carboxylic acids is 1. The van der Waals surface area contributed by atoms with E-state index in [1.807, 2.05) is 6.07 Å². The quantitative estimate of drug-likeness (QED) is 0.257. The van der Waals surface area contributed by atoms with Crippen molar-refractivity contribution in [2.45, 2.75) is 13.2 Å². The van der Waals surface area contributed by atoms with E-state index in [1.165, 1.54) is 37.5 Å². The number of nitriles is 1. The highest BCUT2D eigenvalue weighted by atomic mass is 35.5. The molecule has 3 aromatic carbocycles. The predicted octanol–water partition coefficient (Wildman–Crippen LogP) is 5.51. The molecule has 0 aromatic heterocycles. The first-order valence-corrected chi connectivity index (χ1v) is 11.6. The van der Waals surface area contributed by atoms with Gasteiger partial charge >= 0.3 is 5.97 Å². The van der Waals surface area contributed by atoms with Crippen molar-refractivity contribution in [1.82, 2.24) is 5.32 Å². The SMILES string of the molecule is COc1ccc(CNC(=O)/C(C#N)=C/c2cc(Cl)c(OCc3ccc(C(=O)O)cc3)c(Cl)c2)c(OC)c1. The summed E-state index contributed by atoms with van der Waals surface area (Å²) in [7, 11) is 3.05. The van der Waals surface area contributed by atoms with E-state index in [2.05, 4.69) is 5.32 Å². The molecule has 0 radical (unpaired) electrons. The van der Waals surface area contributed by atoms with Crippen molar-refractivity contribution >= 4 is 41.2 Å². The Morgan fingerprint density at radius 2 is 1.70 bits per heavy atom. The monoisotopic (exact) mass is 540 g/mol. The summed E-state index contributed by atoms with van der Waals surface area (Å²) in [6.07, 6.45) is 1.37. The largest absolute Gasteiger partial charge is 0.497 e. The number of amides is 1. The van der Waals surface area contributed by atoms with Gasteiger partial charge in [0.1, 0.15) is 29.7 Å². The lowest BCUT2D eigenvalue weighted by atomic mass is 10.1. The highest BCUT2D eigenvalue weighted by Crippen LogP contribution is 2.35. The number of methoxy groups -OCH3 is 2. The summed E-state index contributed by atoms with van der Waals surface area (Å²) in [6.45, 7) is 0.238. The first-order valence-electron chi connectivity index (χ1n) is 10.8. The summed E-state index contributed by atoms with van der Waals surface area (Å²) < 4.78 is 16.2. The summed E-state index contributed by atoms with van der Waals surface area (Å²) in [5, 5.41) is 21.6. The van der Waals surface area contributed by atoms with Crippen LogP contribution in [0.5, 0.6) is 17.2 Å². The molecule has 3 aromatic rings. The van der Waals surface area contributed by atoms with Crippen LogP contribution in [0, 0.1) is 11.3 Å². The fourth-order valence-electron chi connectivity index (χ4n) is 3.28. The average molecular weight is 541 g/mol. The van der Waals surface area contributed by atoms with E-state index < -0.39 is 11.9 Å². The van der Waals surface area contributed by atoms with Gasteiger partial charge in [-0.05, 0) is 53.6 Å². The molecule has 0 aliphatic carbocycles. The minimum atomic E-state index is -1.02. The number of carboxylic acid groups (broad SMARTS) is 1. The van der Waals surface area contributed by atoms with Gasteiger partial charge in [0.15, 0.2) is 5.75 Å². The minimum Gasteiger partial charge on any atom is -0.497 e. The Morgan fingerprint density at radius 1 is 1.03 bits per heavy atom. The van der Waals surface area contributed by atoms with E-state index in [9.17, 15) is 14.9 Å². The summed E-state index contributed by atoms with van der Waals surface area (Å²) in [4.78, 5) is 23.6. The van der Waals surface area contributed by atoms with Crippen molar-refractivity contribution in [3.05, 3.63) is 92.5 Å². The number of rotatable bonds is 10. The molecule has 0 aliphatic heterocycles. The number of carboxylic acids is 1. The molecule has 8 nitrogen and oxygen atoms in total. The van der Waals surface area contributed by atoms with E-state index in [0.29, 0.717) is 22.6 Å². The molecule has 37 heavy (non-hydrogen) atoms. The van der Waals surface area contributed by atoms with Crippen LogP contribution < -0.4 is 19.5 Å². The van der Waals surface area contributed by atoms with Crippen molar-refractivity contribution in [2.75, 3.05) is 14.2 Å². The topological polar surface area (TPSA) is 118 Å². The number of benzene rings is 3. The highest BCUT2D eigenvalue weighted by Gasteiger charge is 2.14. The van der Waals surface area contributed by atoms with Gasteiger partial charge in [-0.2, -0.15) is 5.26 Å². The zero-order chi connectivity index (χ0) is 26.9. The van der Waals surface area contributed by atoms with Crippen LogP contribution >= 0.6 is 23.2 Å². The van der Waals surface area contributed by atoms with Crippen LogP contribution in [0.2, 0.25) is 10.0 Å². The number of aromatic carboxylic acids is 1. The second kappa shape index (κ2) is 12.7. The molecule has 0 aliphatic rings. The fourth-order valence-corrected chi connectivity index (χ4v) is 3.90. The van der Waals surface area contributed by atoms with E-state index in [4.69, 9.17) is 42.5 Å². The number of hydrogen-bond donors (Lipinski definition) is 2. The minimum absolute atomic E-state index is 0.106. The average Bonchev–Trinajstić information content (AvgIpc) is 2.89. The first kappa shape index (κ1) is 27.4. The molecule has 0 spiro atoms.